The van der Waals surface area contributed by atoms with Crippen molar-refractivity contribution in [3.8, 4) is 0 Å². The highest BCUT2D eigenvalue weighted by Crippen LogP contribution is 2.15. The van der Waals surface area contributed by atoms with Gasteiger partial charge in [0.1, 0.15) is 5.82 Å². The van der Waals surface area contributed by atoms with Gasteiger partial charge >= 0.3 is 0 Å². The molecule has 0 aliphatic rings. The van der Waals surface area contributed by atoms with Crippen LogP contribution in [-0.2, 0) is 0 Å². The van der Waals surface area contributed by atoms with Crippen LogP contribution in [0.25, 0.3) is 0 Å². The number of halogens is 1. The Bertz CT molecular complexity index is 297. The van der Waals surface area contributed by atoms with Crippen molar-refractivity contribution in [3.63, 3.8) is 0 Å². The largest absolute Gasteiger partial charge is 0.399 e. The number of nitrogens with two attached hydrogens (primary N) is 1. The number of aliphatic hydroxyl groups is 1. The quantitative estimate of drug-likeness (QED) is 0.654. The first kappa shape index (κ1) is 11.8. The molecule has 1 aromatic carbocycles. The van der Waals surface area contributed by atoms with E-state index in [9.17, 15) is 9.50 Å². The van der Waals surface area contributed by atoms with Gasteiger partial charge in [0.2, 0.25) is 0 Å². The molecule has 1 atom stereocenters. The van der Waals surface area contributed by atoms with Gasteiger partial charge in [0.25, 0.3) is 0 Å². The summed E-state index contributed by atoms with van der Waals surface area (Å²) in [7, 11) is 0. The van der Waals surface area contributed by atoms with Gasteiger partial charge in [-0.3, -0.25) is 0 Å². The molecule has 4 N–H and O–H groups in total. The number of nitrogen functional groups attached to an aromatic ring is 1. The molecule has 0 saturated heterocycles. The van der Waals surface area contributed by atoms with Gasteiger partial charge in [0.05, 0.1) is 6.10 Å². The zero-order valence-electron chi connectivity index (χ0n) is 8.83. The fraction of sp³-hybridized carbons (Fsp3) is 0.455. The molecule has 0 spiro atoms. The van der Waals surface area contributed by atoms with Crippen molar-refractivity contribution in [1.82, 2.24) is 0 Å². The average molecular weight is 212 g/mol. The molecular weight excluding hydrogens is 195 g/mol. The van der Waals surface area contributed by atoms with E-state index in [1.807, 2.05) is 6.92 Å². The topological polar surface area (TPSA) is 58.3 Å². The fourth-order valence-corrected chi connectivity index (χ4v) is 1.39. The Morgan fingerprint density at radius 3 is 2.80 bits per heavy atom. The number of hydrogen-bond acceptors (Lipinski definition) is 3. The molecule has 1 unspecified atom stereocenters. The molecule has 0 saturated carbocycles. The molecule has 1 rings (SSSR count). The van der Waals surface area contributed by atoms with E-state index in [1.165, 1.54) is 12.1 Å². The van der Waals surface area contributed by atoms with Gasteiger partial charge in [-0.2, -0.15) is 0 Å². The second kappa shape index (κ2) is 5.56. The summed E-state index contributed by atoms with van der Waals surface area (Å²) >= 11 is 0. The molecule has 0 aromatic heterocycles. The number of nitrogens with one attached hydrogen (secondary N) is 1. The minimum absolute atomic E-state index is 0.373. The zero-order chi connectivity index (χ0) is 11.3. The van der Waals surface area contributed by atoms with Gasteiger partial charge in [-0.25, -0.2) is 4.39 Å². The maximum atomic E-state index is 12.9. The van der Waals surface area contributed by atoms with Gasteiger partial charge in [-0.05, 0) is 24.6 Å². The van der Waals surface area contributed by atoms with Crippen LogP contribution in [0.1, 0.15) is 19.8 Å². The normalized spacial score (nSPS) is 12.5. The first-order valence-corrected chi connectivity index (χ1v) is 5.10. The molecule has 0 radical (unpaired) electrons. The molecule has 1 aromatic rings. The Morgan fingerprint density at radius 2 is 2.20 bits per heavy atom. The summed E-state index contributed by atoms with van der Waals surface area (Å²) < 4.78 is 12.9. The Hall–Kier alpha value is -1.29. The van der Waals surface area contributed by atoms with E-state index in [0.29, 0.717) is 17.9 Å². The van der Waals surface area contributed by atoms with Crippen LogP contribution in [0.5, 0.6) is 0 Å². The second-order valence-electron chi connectivity index (χ2n) is 3.60. The highest BCUT2D eigenvalue weighted by Gasteiger charge is 2.03. The third-order valence-corrected chi connectivity index (χ3v) is 2.08. The maximum Gasteiger partial charge on any atom is 0.127 e. The lowest BCUT2D eigenvalue weighted by Crippen LogP contribution is -2.19. The van der Waals surface area contributed by atoms with E-state index in [1.54, 1.807) is 6.07 Å². The lowest BCUT2D eigenvalue weighted by molar-refractivity contribution is 0.176. The molecule has 0 amide bonds. The average Bonchev–Trinajstić information content (AvgIpc) is 2.14. The first-order chi connectivity index (χ1) is 7.11. The van der Waals surface area contributed by atoms with E-state index in [4.69, 9.17) is 5.73 Å². The molecule has 0 aliphatic heterocycles. The molecule has 0 fully saturated rings. The van der Waals surface area contributed by atoms with Crippen LogP contribution >= 0.6 is 0 Å². The lowest BCUT2D eigenvalue weighted by atomic mass is 10.2. The van der Waals surface area contributed by atoms with Crippen LogP contribution in [0.2, 0.25) is 0 Å². The van der Waals surface area contributed by atoms with Crippen molar-refractivity contribution < 1.29 is 9.50 Å². The Labute approximate surface area is 89.1 Å². The molecule has 0 heterocycles. The van der Waals surface area contributed by atoms with Crippen molar-refractivity contribution in [1.29, 1.82) is 0 Å². The molecule has 84 valence electrons. The first-order valence-electron chi connectivity index (χ1n) is 5.10. The van der Waals surface area contributed by atoms with Crippen molar-refractivity contribution in [3.05, 3.63) is 24.0 Å². The summed E-state index contributed by atoms with van der Waals surface area (Å²) in [5, 5.41) is 12.4. The number of hydrogen-bond donors (Lipinski definition) is 3. The van der Waals surface area contributed by atoms with Gasteiger partial charge in [0.15, 0.2) is 0 Å². The number of aliphatic hydroxyl groups excluding tert-OH is 1. The van der Waals surface area contributed by atoms with E-state index in [2.05, 4.69) is 5.32 Å². The molecule has 0 bridgehead atoms. The Balaban J connectivity index is 2.50. The van der Waals surface area contributed by atoms with Gasteiger partial charge < -0.3 is 16.2 Å². The molecule has 4 heteroatoms. The Kier molecular flexibility index (Phi) is 4.37. The SMILES string of the molecule is CCCC(O)CNc1cc(N)cc(F)c1. The predicted molar refractivity (Wildman–Crippen MR) is 60.2 cm³/mol. The van der Waals surface area contributed by atoms with Gasteiger partial charge in [0, 0.05) is 17.9 Å². The minimum atomic E-state index is -0.403. The van der Waals surface area contributed by atoms with Crippen LogP contribution in [-0.4, -0.2) is 17.8 Å². The number of anilines is 2. The van der Waals surface area contributed by atoms with Crippen LogP contribution in [0, 0.1) is 5.82 Å². The Morgan fingerprint density at radius 1 is 1.47 bits per heavy atom. The fourth-order valence-electron chi connectivity index (χ4n) is 1.39. The summed E-state index contributed by atoms with van der Waals surface area (Å²) in [6, 6.07) is 4.25. The van der Waals surface area contributed by atoms with Crippen LogP contribution in [0.3, 0.4) is 0 Å². The predicted octanol–water partition coefficient (Wildman–Crippen LogP) is 1.98. The van der Waals surface area contributed by atoms with E-state index in [0.717, 1.165) is 12.8 Å². The molecule has 15 heavy (non-hydrogen) atoms. The zero-order valence-corrected chi connectivity index (χ0v) is 8.83. The molecular formula is C11H17FN2O. The second-order valence-corrected chi connectivity index (χ2v) is 3.60. The van der Waals surface area contributed by atoms with Gasteiger partial charge in [-0.1, -0.05) is 13.3 Å². The van der Waals surface area contributed by atoms with Crippen LogP contribution in [0.15, 0.2) is 18.2 Å². The highest BCUT2D eigenvalue weighted by molar-refractivity contribution is 5.54. The summed E-state index contributed by atoms with van der Waals surface area (Å²) in [5.74, 6) is -0.373. The smallest absolute Gasteiger partial charge is 0.127 e. The number of rotatable bonds is 5. The highest BCUT2D eigenvalue weighted by atomic mass is 19.1. The van der Waals surface area contributed by atoms with Crippen molar-refractivity contribution in [2.45, 2.75) is 25.9 Å². The van der Waals surface area contributed by atoms with E-state index < -0.39 is 6.10 Å². The van der Waals surface area contributed by atoms with E-state index >= 15 is 0 Å². The summed E-state index contributed by atoms with van der Waals surface area (Å²) in [5.41, 5.74) is 6.46. The van der Waals surface area contributed by atoms with Crippen molar-refractivity contribution >= 4 is 11.4 Å². The van der Waals surface area contributed by atoms with Crippen molar-refractivity contribution in [2.75, 3.05) is 17.6 Å². The summed E-state index contributed by atoms with van der Waals surface area (Å²) in [6.45, 7) is 2.42. The lowest BCUT2D eigenvalue weighted by Gasteiger charge is -2.12. The van der Waals surface area contributed by atoms with E-state index in [-0.39, 0.29) is 5.82 Å². The molecule has 3 nitrogen and oxygen atoms in total. The van der Waals surface area contributed by atoms with Crippen molar-refractivity contribution in [2.24, 2.45) is 0 Å². The number of benzene rings is 1. The minimum Gasteiger partial charge on any atom is -0.399 e. The molecule has 0 aliphatic carbocycles. The standard InChI is InChI=1S/C11H17FN2O/c1-2-3-11(15)7-14-10-5-8(12)4-9(13)6-10/h4-6,11,14-15H,2-3,7,13H2,1H3. The maximum absolute atomic E-state index is 12.9. The third kappa shape index (κ3) is 4.16. The van der Waals surface area contributed by atoms with Crippen LogP contribution < -0.4 is 11.1 Å². The summed E-state index contributed by atoms with van der Waals surface area (Å²) in [4.78, 5) is 0. The third-order valence-electron chi connectivity index (χ3n) is 2.08. The van der Waals surface area contributed by atoms with Crippen LogP contribution in [0.4, 0.5) is 15.8 Å². The summed E-state index contributed by atoms with van der Waals surface area (Å²) in [6.07, 6.45) is 1.26. The van der Waals surface area contributed by atoms with Gasteiger partial charge in [-0.15, -0.1) is 0 Å². The monoisotopic (exact) mass is 212 g/mol.